The van der Waals surface area contributed by atoms with E-state index in [0.717, 1.165) is 36.4 Å². The Balaban J connectivity index is 0.000000171. The minimum Gasteiger partial charge on any atom is -0.508 e. The Morgan fingerprint density at radius 1 is 0.367 bits per heavy atom. The van der Waals surface area contributed by atoms with E-state index in [0.29, 0.717) is 0 Å². The molecule has 0 heterocycles. The Labute approximate surface area is 162 Å². The van der Waals surface area contributed by atoms with Gasteiger partial charge in [-0.1, -0.05) is 0 Å². The van der Waals surface area contributed by atoms with Crippen LogP contribution in [-0.4, -0.2) is 10.2 Å². The third kappa shape index (κ3) is 3.44. The van der Waals surface area contributed by atoms with E-state index in [1.165, 1.54) is 0 Å². The molecular formula is C20H8F8O2. The summed E-state index contributed by atoms with van der Waals surface area (Å²) >= 11 is 0. The summed E-state index contributed by atoms with van der Waals surface area (Å²) in [5.74, 6) is -14.2. The summed E-state index contributed by atoms with van der Waals surface area (Å²) in [6.45, 7) is 0. The van der Waals surface area contributed by atoms with E-state index in [-0.39, 0.29) is 11.5 Å². The van der Waals surface area contributed by atoms with Gasteiger partial charge in [0.15, 0.2) is 46.5 Å². The van der Waals surface area contributed by atoms with Gasteiger partial charge in [0.05, 0.1) is 0 Å². The van der Waals surface area contributed by atoms with Crippen LogP contribution in [0, 0.1) is 46.5 Å². The summed E-state index contributed by atoms with van der Waals surface area (Å²) in [7, 11) is 0. The van der Waals surface area contributed by atoms with Gasteiger partial charge >= 0.3 is 0 Å². The van der Waals surface area contributed by atoms with Crippen molar-refractivity contribution in [3.8, 4) is 11.5 Å². The molecule has 0 saturated carbocycles. The summed E-state index contributed by atoms with van der Waals surface area (Å²) in [6, 6.07) is 5.73. The molecule has 0 saturated heterocycles. The quantitative estimate of drug-likeness (QED) is 0.197. The van der Waals surface area contributed by atoms with Gasteiger partial charge in [0, 0.05) is 21.5 Å². The van der Waals surface area contributed by atoms with E-state index >= 15 is 0 Å². The van der Waals surface area contributed by atoms with Crippen molar-refractivity contribution in [2.75, 3.05) is 0 Å². The number of phenolic OH excluding ortho intramolecular Hbond substituents is 2. The Morgan fingerprint density at radius 2 is 0.633 bits per heavy atom. The Morgan fingerprint density at radius 3 is 0.933 bits per heavy atom. The SMILES string of the molecule is Oc1ccc2c(F)c(F)c(F)c(F)c2c1.Oc1ccc2c(F)c(F)c(F)c(F)c2c1. The van der Waals surface area contributed by atoms with Crippen molar-refractivity contribution in [3.05, 3.63) is 82.9 Å². The summed E-state index contributed by atoms with van der Waals surface area (Å²) < 4.78 is 104. The Kier molecular flexibility index (Phi) is 5.43. The van der Waals surface area contributed by atoms with Gasteiger partial charge in [-0.05, 0) is 36.4 Å². The highest BCUT2D eigenvalue weighted by Gasteiger charge is 2.21. The summed E-state index contributed by atoms with van der Waals surface area (Å²) in [5.41, 5.74) is 0. The number of halogens is 8. The van der Waals surface area contributed by atoms with Crippen molar-refractivity contribution < 1.29 is 45.3 Å². The molecule has 2 N–H and O–H groups in total. The van der Waals surface area contributed by atoms with Crippen molar-refractivity contribution in [1.82, 2.24) is 0 Å². The zero-order chi connectivity index (χ0) is 22.3. The van der Waals surface area contributed by atoms with Crippen molar-refractivity contribution in [3.63, 3.8) is 0 Å². The summed E-state index contributed by atoms with van der Waals surface area (Å²) in [6.07, 6.45) is 0. The van der Waals surface area contributed by atoms with E-state index in [4.69, 9.17) is 10.2 Å². The summed E-state index contributed by atoms with van der Waals surface area (Å²) in [4.78, 5) is 0. The molecule has 4 aromatic rings. The maximum absolute atomic E-state index is 13.1. The molecular weight excluding hydrogens is 424 g/mol. The van der Waals surface area contributed by atoms with Gasteiger partial charge in [0.2, 0.25) is 0 Å². The molecule has 0 bridgehead atoms. The predicted molar refractivity (Wildman–Crippen MR) is 90.9 cm³/mol. The zero-order valence-electron chi connectivity index (χ0n) is 14.4. The van der Waals surface area contributed by atoms with Crippen LogP contribution in [0.5, 0.6) is 11.5 Å². The van der Waals surface area contributed by atoms with Crippen molar-refractivity contribution in [1.29, 1.82) is 0 Å². The molecule has 0 fully saturated rings. The van der Waals surface area contributed by atoms with Crippen LogP contribution in [-0.2, 0) is 0 Å². The lowest BCUT2D eigenvalue weighted by Crippen LogP contribution is -1.97. The van der Waals surface area contributed by atoms with Gasteiger partial charge in [-0.25, -0.2) is 35.1 Å². The number of benzene rings is 4. The smallest absolute Gasteiger partial charge is 0.198 e. The van der Waals surface area contributed by atoms with E-state index in [9.17, 15) is 35.1 Å². The standard InChI is InChI=1S/2C10H4F4O/c2*11-7-5-2-1-4(15)3-6(5)8(12)10(14)9(7)13/h2*1-3,15H. The Bertz CT molecular complexity index is 1200. The second-order valence-corrected chi connectivity index (χ2v) is 5.97. The van der Waals surface area contributed by atoms with Crippen LogP contribution in [0.25, 0.3) is 21.5 Å². The van der Waals surface area contributed by atoms with Gasteiger partial charge in [0.1, 0.15) is 11.5 Å². The van der Waals surface area contributed by atoms with E-state index in [1.54, 1.807) is 0 Å². The largest absolute Gasteiger partial charge is 0.508 e. The molecule has 0 unspecified atom stereocenters. The number of hydrogen-bond donors (Lipinski definition) is 2. The molecule has 0 aliphatic rings. The fraction of sp³-hybridized carbons (Fsp3) is 0. The van der Waals surface area contributed by atoms with Gasteiger partial charge in [-0.3, -0.25) is 0 Å². The molecule has 0 spiro atoms. The average Bonchev–Trinajstić information content (AvgIpc) is 2.73. The van der Waals surface area contributed by atoms with Gasteiger partial charge in [-0.15, -0.1) is 0 Å². The Hall–Kier alpha value is -3.56. The van der Waals surface area contributed by atoms with Crippen LogP contribution in [0.4, 0.5) is 35.1 Å². The molecule has 0 aliphatic heterocycles. The molecule has 0 aliphatic carbocycles. The molecule has 0 amide bonds. The van der Waals surface area contributed by atoms with Crippen LogP contribution >= 0.6 is 0 Å². The van der Waals surface area contributed by atoms with Gasteiger partial charge in [0.25, 0.3) is 0 Å². The zero-order valence-corrected chi connectivity index (χ0v) is 14.4. The minimum atomic E-state index is -1.88. The third-order valence-corrected chi connectivity index (χ3v) is 4.11. The van der Waals surface area contributed by atoms with Crippen molar-refractivity contribution >= 4 is 21.5 Å². The van der Waals surface area contributed by atoms with E-state index in [2.05, 4.69) is 0 Å². The lowest BCUT2D eigenvalue weighted by Gasteiger charge is -2.04. The maximum Gasteiger partial charge on any atom is 0.198 e. The first-order chi connectivity index (χ1) is 14.0. The maximum atomic E-state index is 13.1. The summed E-state index contributed by atoms with van der Waals surface area (Å²) in [5, 5.41) is 16.2. The molecule has 4 rings (SSSR count). The van der Waals surface area contributed by atoms with Crippen LogP contribution in [0.3, 0.4) is 0 Å². The van der Waals surface area contributed by atoms with E-state index in [1.807, 2.05) is 0 Å². The van der Waals surface area contributed by atoms with Gasteiger partial charge in [-0.2, -0.15) is 0 Å². The number of phenols is 2. The van der Waals surface area contributed by atoms with E-state index < -0.39 is 68.1 Å². The monoisotopic (exact) mass is 432 g/mol. The van der Waals surface area contributed by atoms with Crippen LogP contribution < -0.4 is 0 Å². The van der Waals surface area contributed by atoms with Crippen LogP contribution in [0.2, 0.25) is 0 Å². The number of fused-ring (bicyclic) bond motifs is 2. The second kappa shape index (κ2) is 7.69. The number of hydrogen-bond acceptors (Lipinski definition) is 2. The lowest BCUT2D eigenvalue weighted by atomic mass is 10.1. The molecule has 2 nitrogen and oxygen atoms in total. The number of rotatable bonds is 0. The topological polar surface area (TPSA) is 40.5 Å². The highest BCUT2D eigenvalue weighted by atomic mass is 19.2. The molecule has 10 heteroatoms. The first kappa shape index (κ1) is 21.2. The second-order valence-electron chi connectivity index (χ2n) is 5.97. The normalized spacial score (nSPS) is 10.9. The fourth-order valence-electron chi connectivity index (χ4n) is 2.67. The average molecular weight is 432 g/mol. The molecule has 30 heavy (non-hydrogen) atoms. The molecule has 0 aromatic heterocycles. The highest BCUT2D eigenvalue weighted by Crippen LogP contribution is 2.30. The third-order valence-electron chi connectivity index (χ3n) is 4.11. The van der Waals surface area contributed by atoms with Crippen LogP contribution in [0.15, 0.2) is 36.4 Å². The first-order valence-electron chi connectivity index (χ1n) is 7.94. The molecule has 0 radical (unpaired) electrons. The van der Waals surface area contributed by atoms with Crippen molar-refractivity contribution in [2.24, 2.45) is 0 Å². The predicted octanol–water partition coefficient (Wildman–Crippen LogP) is 6.20. The highest BCUT2D eigenvalue weighted by molar-refractivity contribution is 5.86. The van der Waals surface area contributed by atoms with Crippen LogP contribution in [0.1, 0.15) is 0 Å². The minimum absolute atomic E-state index is 0.355. The molecule has 4 aromatic carbocycles. The number of aromatic hydroxyl groups is 2. The molecule has 156 valence electrons. The van der Waals surface area contributed by atoms with Gasteiger partial charge < -0.3 is 10.2 Å². The molecule has 0 atom stereocenters. The van der Waals surface area contributed by atoms with Crippen molar-refractivity contribution in [2.45, 2.75) is 0 Å². The lowest BCUT2D eigenvalue weighted by molar-refractivity contribution is 0.417. The fourth-order valence-corrected chi connectivity index (χ4v) is 2.67. The first-order valence-corrected chi connectivity index (χ1v) is 7.94.